The number of rotatable bonds is 2. The minimum Gasteiger partial charge on any atom is -0.337 e. The number of hydrogen-bond donors (Lipinski definition) is 1. The Hall–Kier alpha value is -1.36. The number of nitrogens with zero attached hydrogens (tertiary/aromatic N) is 2. The molecule has 0 unspecified atom stereocenters. The van der Waals surface area contributed by atoms with Crippen molar-refractivity contribution in [1.82, 2.24) is 9.88 Å². The summed E-state index contributed by atoms with van der Waals surface area (Å²) >= 11 is 6.19. The van der Waals surface area contributed by atoms with Gasteiger partial charge < -0.3 is 10.6 Å². The highest BCUT2D eigenvalue weighted by atomic mass is 35.5. The van der Waals surface area contributed by atoms with Gasteiger partial charge in [-0.1, -0.05) is 29.8 Å². The molecule has 3 rings (SSSR count). The molecule has 0 spiro atoms. The Bertz CT molecular complexity index is 647. The monoisotopic (exact) mass is 311 g/mol. The summed E-state index contributed by atoms with van der Waals surface area (Å²) < 4.78 is 0. The first-order chi connectivity index (χ1) is 9.15. The average Bonchev–Trinajstić information content (AvgIpc) is 2.71. The summed E-state index contributed by atoms with van der Waals surface area (Å²) in [4.78, 5) is 17.9. The van der Waals surface area contributed by atoms with Crippen LogP contribution in [0, 0.1) is 0 Å². The van der Waals surface area contributed by atoms with Crippen molar-refractivity contribution in [2.45, 2.75) is 19.0 Å². The number of amides is 1. The summed E-state index contributed by atoms with van der Waals surface area (Å²) in [6.07, 6.45) is 0.706. The second-order valence-corrected chi connectivity index (χ2v) is 5.14. The maximum absolute atomic E-state index is 11.8. The second kappa shape index (κ2) is 5.95. The number of fused-ring (bicyclic) bond motifs is 1. The third-order valence-electron chi connectivity index (χ3n) is 3.45. The van der Waals surface area contributed by atoms with Crippen LogP contribution in [0.1, 0.15) is 12.0 Å². The lowest BCUT2D eigenvalue weighted by molar-refractivity contribution is -0.129. The van der Waals surface area contributed by atoms with Gasteiger partial charge >= 0.3 is 0 Å². The largest absolute Gasteiger partial charge is 0.337 e. The maximum Gasteiger partial charge on any atom is 0.239 e. The van der Waals surface area contributed by atoms with Gasteiger partial charge in [0, 0.05) is 24.0 Å². The van der Waals surface area contributed by atoms with Crippen LogP contribution >= 0.6 is 24.0 Å². The van der Waals surface area contributed by atoms with Gasteiger partial charge in [-0.15, -0.1) is 12.4 Å². The number of nitrogens with two attached hydrogens (primary N) is 1. The average molecular weight is 312 g/mol. The summed E-state index contributed by atoms with van der Waals surface area (Å²) in [5.74, 6) is -0.00998. The molecule has 6 heteroatoms. The number of aromatic nitrogens is 1. The Balaban J connectivity index is 0.00000147. The molecule has 0 aliphatic carbocycles. The van der Waals surface area contributed by atoms with Gasteiger partial charge in [-0.05, 0) is 18.6 Å². The molecular formula is C14H15Cl2N3O. The molecule has 0 radical (unpaired) electrons. The SMILES string of the molecule is Cl.N[C@H]1CCN(Cc2cc3ccccc3nc2Cl)C1=O. The van der Waals surface area contributed by atoms with E-state index < -0.39 is 0 Å². The highest BCUT2D eigenvalue weighted by Gasteiger charge is 2.28. The number of pyridine rings is 1. The molecule has 1 amide bonds. The molecule has 0 bridgehead atoms. The summed E-state index contributed by atoms with van der Waals surface area (Å²) in [5.41, 5.74) is 7.44. The highest BCUT2D eigenvalue weighted by Crippen LogP contribution is 2.23. The minimum atomic E-state index is -0.368. The molecule has 1 saturated heterocycles. The van der Waals surface area contributed by atoms with E-state index >= 15 is 0 Å². The molecule has 0 saturated carbocycles. The predicted molar refractivity (Wildman–Crippen MR) is 82.0 cm³/mol. The Labute approximate surface area is 128 Å². The van der Waals surface area contributed by atoms with Crippen molar-refractivity contribution in [3.05, 3.63) is 41.0 Å². The lowest BCUT2D eigenvalue weighted by atomic mass is 10.1. The fraction of sp³-hybridized carbons (Fsp3) is 0.286. The Morgan fingerprint density at radius 2 is 2.15 bits per heavy atom. The summed E-state index contributed by atoms with van der Waals surface area (Å²) in [6, 6.07) is 9.41. The van der Waals surface area contributed by atoms with E-state index in [4.69, 9.17) is 17.3 Å². The van der Waals surface area contributed by atoms with Crippen LogP contribution in [0.25, 0.3) is 10.9 Å². The molecule has 1 aromatic heterocycles. The standard InChI is InChI=1S/C14H14ClN3O.ClH/c15-13-10(8-18-6-5-11(16)14(18)19)7-9-3-1-2-4-12(9)17-13;/h1-4,7,11H,5-6,8,16H2;1H/t11-;/m0./s1. The molecule has 1 aromatic carbocycles. The van der Waals surface area contributed by atoms with Gasteiger partial charge in [0.25, 0.3) is 0 Å². The van der Waals surface area contributed by atoms with Crippen molar-refractivity contribution in [2.75, 3.05) is 6.54 Å². The first-order valence-electron chi connectivity index (χ1n) is 6.23. The Kier molecular flexibility index (Phi) is 4.48. The van der Waals surface area contributed by atoms with Gasteiger partial charge in [-0.3, -0.25) is 4.79 Å². The van der Waals surface area contributed by atoms with E-state index in [1.165, 1.54) is 0 Å². The van der Waals surface area contributed by atoms with E-state index in [-0.39, 0.29) is 24.4 Å². The van der Waals surface area contributed by atoms with Crippen LogP contribution in [0.2, 0.25) is 5.15 Å². The van der Waals surface area contributed by atoms with E-state index in [0.717, 1.165) is 16.5 Å². The summed E-state index contributed by atoms with van der Waals surface area (Å²) in [6.45, 7) is 1.16. The van der Waals surface area contributed by atoms with Crippen LogP contribution in [0.15, 0.2) is 30.3 Å². The van der Waals surface area contributed by atoms with E-state index in [1.54, 1.807) is 4.90 Å². The lowest BCUT2D eigenvalue weighted by Crippen LogP contribution is -2.33. The molecule has 1 aliphatic rings. The molecule has 20 heavy (non-hydrogen) atoms. The molecule has 2 aromatic rings. The highest BCUT2D eigenvalue weighted by molar-refractivity contribution is 6.30. The van der Waals surface area contributed by atoms with Crippen molar-refractivity contribution >= 4 is 40.8 Å². The van der Waals surface area contributed by atoms with Gasteiger partial charge in [-0.2, -0.15) is 0 Å². The van der Waals surface area contributed by atoms with Crippen molar-refractivity contribution in [3.63, 3.8) is 0 Å². The van der Waals surface area contributed by atoms with Crippen molar-refractivity contribution in [1.29, 1.82) is 0 Å². The third kappa shape index (κ3) is 2.73. The number of carbonyl (C=O) groups is 1. The first kappa shape index (κ1) is 15.0. The minimum absolute atomic E-state index is 0. The number of hydrogen-bond acceptors (Lipinski definition) is 3. The molecule has 4 nitrogen and oxygen atoms in total. The Morgan fingerprint density at radius 1 is 1.40 bits per heavy atom. The summed E-state index contributed by atoms with van der Waals surface area (Å²) in [5, 5.41) is 1.48. The van der Waals surface area contributed by atoms with E-state index in [9.17, 15) is 4.79 Å². The number of para-hydroxylation sites is 1. The van der Waals surface area contributed by atoms with E-state index in [2.05, 4.69) is 4.98 Å². The van der Waals surface area contributed by atoms with Gasteiger partial charge in [0.05, 0.1) is 11.6 Å². The third-order valence-corrected chi connectivity index (χ3v) is 3.78. The van der Waals surface area contributed by atoms with E-state index in [1.807, 2.05) is 30.3 Å². The normalized spacial score (nSPS) is 18.4. The smallest absolute Gasteiger partial charge is 0.239 e. The predicted octanol–water partition coefficient (Wildman–Crippen LogP) is 2.37. The van der Waals surface area contributed by atoms with Crippen LogP contribution in [0.5, 0.6) is 0 Å². The fourth-order valence-corrected chi connectivity index (χ4v) is 2.58. The lowest BCUT2D eigenvalue weighted by Gasteiger charge is -2.17. The quantitative estimate of drug-likeness (QED) is 0.866. The molecular weight excluding hydrogens is 297 g/mol. The number of carbonyl (C=O) groups excluding carboxylic acids is 1. The fourth-order valence-electron chi connectivity index (χ4n) is 2.37. The van der Waals surface area contributed by atoms with Crippen LogP contribution in [-0.4, -0.2) is 28.4 Å². The number of benzene rings is 1. The van der Waals surface area contributed by atoms with Crippen LogP contribution < -0.4 is 5.73 Å². The molecule has 2 heterocycles. The van der Waals surface area contributed by atoms with Gasteiger partial charge in [0.15, 0.2) is 0 Å². The summed E-state index contributed by atoms with van der Waals surface area (Å²) in [7, 11) is 0. The number of likely N-dealkylation sites (tertiary alicyclic amines) is 1. The Morgan fingerprint density at radius 3 is 2.85 bits per heavy atom. The molecule has 2 N–H and O–H groups in total. The van der Waals surface area contributed by atoms with Crippen molar-refractivity contribution < 1.29 is 4.79 Å². The topological polar surface area (TPSA) is 59.2 Å². The maximum atomic E-state index is 11.8. The molecule has 1 fully saturated rings. The zero-order valence-electron chi connectivity index (χ0n) is 10.8. The van der Waals surface area contributed by atoms with Crippen LogP contribution in [0.3, 0.4) is 0 Å². The number of halogens is 2. The van der Waals surface area contributed by atoms with Crippen molar-refractivity contribution in [2.24, 2.45) is 5.73 Å². The van der Waals surface area contributed by atoms with Crippen LogP contribution in [-0.2, 0) is 11.3 Å². The molecule has 106 valence electrons. The van der Waals surface area contributed by atoms with Gasteiger partial charge in [0.2, 0.25) is 5.91 Å². The molecule has 1 aliphatic heterocycles. The zero-order chi connectivity index (χ0) is 13.4. The van der Waals surface area contributed by atoms with Gasteiger partial charge in [-0.25, -0.2) is 4.98 Å². The van der Waals surface area contributed by atoms with Crippen molar-refractivity contribution in [3.8, 4) is 0 Å². The zero-order valence-corrected chi connectivity index (χ0v) is 12.3. The van der Waals surface area contributed by atoms with Gasteiger partial charge in [0.1, 0.15) is 5.15 Å². The second-order valence-electron chi connectivity index (χ2n) is 4.79. The van der Waals surface area contributed by atoms with E-state index in [0.29, 0.717) is 24.7 Å². The molecule has 1 atom stereocenters. The first-order valence-corrected chi connectivity index (χ1v) is 6.61. The van der Waals surface area contributed by atoms with Crippen LogP contribution in [0.4, 0.5) is 0 Å².